The molecule has 2 aliphatic heterocycles. The van der Waals surface area contributed by atoms with Crippen LogP contribution in [0.5, 0.6) is 0 Å². The fraction of sp³-hybridized carbons (Fsp3) is 0.531. The van der Waals surface area contributed by atoms with Gasteiger partial charge in [-0.15, -0.1) is 0 Å². The van der Waals surface area contributed by atoms with Gasteiger partial charge in [0.15, 0.2) is 5.84 Å². The first-order valence-electron chi connectivity index (χ1n) is 23.4. The number of ether oxygens (including phenoxy) is 4. The van der Waals surface area contributed by atoms with Crippen molar-refractivity contribution in [3.63, 3.8) is 0 Å². The highest BCUT2D eigenvalue weighted by Crippen LogP contribution is 2.30. The minimum Gasteiger partial charge on any atom is -0.379 e. The van der Waals surface area contributed by atoms with Gasteiger partial charge in [0, 0.05) is 81.9 Å². The Labute approximate surface area is 389 Å². The van der Waals surface area contributed by atoms with Crippen LogP contribution in [-0.4, -0.2) is 146 Å². The molecule has 6 rings (SSSR count). The summed E-state index contributed by atoms with van der Waals surface area (Å²) in [5.74, 6) is 2.12. The Kier molecular flexibility index (Phi) is 19.0. The number of aromatic nitrogens is 4. The van der Waals surface area contributed by atoms with Gasteiger partial charge in [0.2, 0.25) is 11.9 Å². The van der Waals surface area contributed by atoms with E-state index >= 15 is 0 Å². The molecule has 0 aliphatic carbocycles. The van der Waals surface area contributed by atoms with Gasteiger partial charge in [-0.1, -0.05) is 51.5 Å². The van der Waals surface area contributed by atoms with E-state index in [2.05, 4.69) is 94.4 Å². The van der Waals surface area contributed by atoms with Gasteiger partial charge in [-0.25, -0.2) is 15.0 Å². The molecular weight excluding hydrogens is 839 g/mol. The summed E-state index contributed by atoms with van der Waals surface area (Å²) in [6.45, 7) is 17.9. The maximum absolute atomic E-state index is 13.1. The number of nitrogens with zero attached hydrogens (tertiary/aromatic N) is 8. The Bertz CT molecular complexity index is 2320. The number of nitrogens with one attached hydrogen (secondary N) is 3. The van der Waals surface area contributed by atoms with E-state index in [-0.39, 0.29) is 11.8 Å². The van der Waals surface area contributed by atoms with Crippen LogP contribution in [0.4, 0.5) is 11.8 Å². The molecule has 0 saturated carbocycles. The lowest BCUT2D eigenvalue weighted by molar-refractivity contribution is -0.133. The Morgan fingerprint density at radius 3 is 2.30 bits per heavy atom. The van der Waals surface area contributed by atoms with Crippen molar-refractivity contribution in [2.75, 3.05) is 103 Å². The summed E-state index contributed by atoms with van der Waals surface area (Å²) >= 11 is 0. The van der Waals surface area contributed by atoms with Crippen LogP contribution in [0.25, 0.3) is 11.0 Å². The molecule has 2 aliphatic rings. The van der Waals surface area contributed by atoms with Crippen molar-refractivity contribution < 1.29 is 28.5 Å². The van der Waals surface area contributed by atoms with E-state index in [4.69, 9.17) is 29.0 Å². The van der Waals surface area contributed by atoms with E-state index in [0.717, 1.165) is 71.6 Å². The van der Waals surface area contributed by atoms with E-state index in [9.17, 15) is 9.59 Å². The fourth-order valence-corrected chi connectivity index (χ4v) is 7.95. The third-order valence-electron chi connectivity index (χ3n) is 11.7. The van der Waals surface area contributed by atoms with Crippen molar-refractivity contribution in [2.24, 2.45) is 16.0 Å². The number of hydrogen-bond donors (Lipinski definition) is 3. The maximum atomic E-state index is 13.1. The molecule has 0 spiro atoms. The van der Waals surface area contributed by atoms with Gasteiger partial charge in [0.25, 0.3) is 5.91 Å². The molecule has 356 valence electrons. The number of carbonyl (C=O) groups is 2. The first kappa shape index (κ1) is 49.7. The fourth-order valence-electron chi connectivity index (χ4n) is 7.95. The van der Waals surface area contributed by atoms with Crippen LogP contribution < -0.4 is 15.5 Å². The van der Waals surface area contributed by atoms with Gasteiger partial charge in [0.05, 0.1) is 65.8 Å². The van der Waals surface area contributed by atoms with Gasteiger partial charge in [0.1, 0.15) is 22.7 Å². The summed E-state index contributed by atoms with van der Waals surface area (Å²) in [7, 11) is 3.58. The summed E-state index contributed by atoms with van der Waals surface area (Å²) in [4.78, 5) is 51.5. The van der Waals surface area contributed by atoms with Gasteiger partial charge >= 0.3 is 0 Å². The highest BCUT2D eigenvalue weighted by atomic mass is 16.6. The van der Waals surface area contributed by atoms with Crippen LogP contribution in [0, 0.1) is 5.92 Å². The number of carbonyl (C=O) groups excluding carboxylic acids is 2. The molecule has 66 heavy (non-hydrogen) atoms. The van der Waals surface area contributed by atoms with Crippen molar-refractivity contribution >= 4 is 46.2 Å². The first-order valence-corrected chi connectivity index (χ1v) is 23.4. The van der Waals surface area contributed by atoms with Crippen molar-refractivity contribution in [3.05, 3.63) is 87.9 Å². The molecule has 1 aromatic carbocycles. The molecule has 5 heterocycles. The first-order chi connectivity index (χ1) is 32.1. The van der Waals surface area contributed by atoms with Crippen LogP contribution in [0.15, 0.2) is 70.2 Å². The number of fused-ring (bicyclic) bond motifs is 2. The van der Waals surface area contributed by atoms with E-state index in [1.165, 1.54) is 16.7 Å². The molecular formula is C49H69N11O6. The lowest BCUT2D eigenvalue weighted by Crippen LogP contribution is -2.36. The Hall–Kier alpha value is -5.75. The Balaban J connectivity index is 0.824. The molecule has 3 N–H and O–H groups in total. The number of aliphatic imine (C=N–C) groups is 1. The number of allylic oxidation sites excluding steroid dienone is 1. The third-order valence-corrected chi connectivity index (χ3v) is 11.7. The van der Waals surface area contributed by atoms with Crippen molar-refractivity contribution in [3.8, 4) is 0 Å². The molecule has 4 aromatic rings. The number of rotatable bonds is 26. The molecule has 0 atom stereocenters. The number of H-pyrrole nitrogens is 1. The number of aromatic amines is 1. The van der Waals surface area contributed by atoms with Crippen LogP contribution in [-0.2, 0) is 43.3 Å². The van der Waals surface area contributed by atoms with Gasteiger partial charge in [-0.3, -0.25) is 14.6 Å². The molecule has 0 unspecified atom stereocenters. The molecule has 0 fully saturated rings. The SMILES string of the molecule is CCCN(CCC)c1ncc(C(=O)NCCOCCOCCOCCOCCC(=O)N2CCc3cc(CN4N=C(c5cnc6[nH]ccc6c5)C(=C(/C)C(C)C)/C4=N\C)ccc3C2)c(NC)n1. The topological polar surface area (TPSA) is 184 Å². The van der Waals surface area contributed by atoms with E-state index in [0.29, 0.717) is 109 Å². The second kappa shape index (κ2) is 25.2. The summed E-state index contributed by atoms with van der Waals surface area (Å²) < 4.78 is 22.5. The second-order valence-electron chi connectivity index (χ2n) is 16.7. The molecule has 17 heteroatoms. The monoisotopic (exact) mass is 908 g/mol. The van der Waals surface area contributed by atoms with E-state index in [1.54, 1.807) is 13.2 Å². The van der Waals surface area contributed by atoms with Crippen molar-refractivity contribution in [1.29, 1.82) is 0 Å². The van der Waals surface area contributed by atoms with Gasteiger partial charge < -0.3 is 44.4 Å². The summed E-state index contributed by atoms with van der Waals surface area (Å²) in [6, 6.07) is 10.7. The summed E-state index contributed by atoms with van der Waals surface area (Å²) in [6.07, 6.45) is 8.45. The minimum atomic E-state index is -0.259. The Morgan fingerprint density at radius 1 is 0.909 bits per heavy atom. The lowest BCUT2D eigenvalue weighted by atomic mass is 9.92. The van der Waals surface area contributed by atoms with E-state index < -0.39 is 0 Å². The zero-order valence-corrected chi connectivity index (χ0v) is 40.0. The standard InChI is InChI=1S/C49H69N11O6/c1-8-17-58(18-9-2)49-55-31-41(46(50-6)56-49)48(62)53-16-21-64-23-25-66-27-26-65-24-22-63-20-14-42(61)59-19-13-37-28-36(10-11-39(37)33-59)32-60-47(51-7)43(35(5)34(3)4)44(57-60)40-29-38-12-15-52-45(38)54-30-40/h10-12,15,28-31,34H,8-9,13-14,16-27,32-33H2,1-7H3,(H,52,54)(H,53,62)(H,50,55,56)/b43-35+,51-47+. The highest BCUT2D eigenvalue weighted by molar-refractivity contribution is 6.33. The summed E-state index contributed by atoms with van der Waals surface area (Å²) in [5.41, 5.74) is 8.97. The number of amides is 2. The molecule has 3 aromatic heterocycles. The quantitative estimate of drug-likeness (QED) is 0.0625. The normalized spacial score (nSPS) is 15.2. The third kappa shape index (κ3) is 13.2. The largest absolute Gasteiger partial charge is 0.379 e. The number of hydrazone groups is 1. The zero-order chi connectivity index (χ0) is 46.8. The molecule has 0 saturated heterocycles. The highest BCUT2D eigenvalue weighted by Gasteiger charge is 2.32. The zero-order valence-electron chi connectivity index (χ0n) is 40.0. The maximum Gasteiger partial charge on any atom is 0.256 e. The average molecular weight is 908 g/mol. The number of amidine groups is 1. The molecule has 0 bridgehead atoms. The number of benzene rings is 1. The van der Waals surface area contributed by atoms with E-state index in [1.807, 2.05) is 35.4 Å². The van der Waals surface area contributed by atoms with Crippen LogP contribution >= 0.6 is 0 Å². The smallest absolute Gasteiger partial charge is 0.256 e. The number of pyridine rings is 1. The predicted octanol–water partition coefficient (Wildman–Crippen LogP) is 6.01. The van der Waals surface area contributed by atoms with Crippen molar-refractivity contribution in [2.45, 2.75) is 73.4 Å². The number of anilines is 2. The predicted molar refractivity (Wildman–Crippen MR) is 259 cm³/mol. The molecule has 17 nitrogen and oxygen atoms in total. The van der Waals surface area contributed by atoms with Crippen molar-refractivity contribution in [1.82, 2.24) is 35.2 Å². The minimum absolute atomic E-state index is 0.0856. The number of hydrogen-bond acceptors (Lipinski definition) is 13. The van der Waals surface area contributed by atoms with Gasteiger partial charge in [-0.05, 0) is 60.9 Å². The molecule has 2 amide bonds. The summed E-state index contributed by atoms with van der Waals surface area (Å²) in [5, 5.41) is 14.1. The second-order valence-corrected chi connectivity index (χ2v) is 16.7. The average Bonchev–Trinajstić information content (AvgIpc) is 3.96. The van der Waals surface area contributed by atoms with Crippen LogP contribution in [0.3, 0.4) is 0 Å². The van der Waals surface area contributed by atoms with Gasteiger partial charge in [-0.2, -0.15) is 10.1 Å². The molecule has 0 radical (unpaired) electrons. The Morgan fingerprint density at radius 2 is 1.62 bits per heavy atom. The van der Waals surface area contributed by atoms with Crippen LogP contribution in [0.2, 0.25) is 0 Å². The van der Waals surface area contributed by atoms with Crippen LogP contribution in [0.1, 0.15) is 86.5 Å². The lowest BCUT2D eigenvalue weighted by Gasteiger charge is -2.29.